The zero-order valence-electron chi connectivity index (χ0n) is 17.2. The van der Waals surface area contributed by atoms with Crippen LogP contribution in [0.1, 0.15) is 68.7 Å². The number of rotatable bonds is 7. The van der Waals surface area contributed by atoms with E-state index in [1.165, 1.54) is 56.0 Å². The van der Waals surface area contributed by atoms with E-state index in [1.54, 1.807) is 4.68 Å². The number of aliphatic carboxylic acids is 1. The van der Waals surface area contributed by atoms with Crippen LogP contribution in [0.15, 0.2) is 34.5 Å². The van der Waals surface area contributed by atoms with Gasteiger partial charge in [0.15, 0.2) is 5.82 Å². The first kappa shape index (κ1) is 20.9. The molecule has 1 aromatic carbocycles. The Labute approximate surface area is 181 Å². The molecule has 7 nitrogen and oxygen atoms in total. The van der Waals surface area contributed by atoms with E-state index >= 15 is 0 Å². The second-order valence-corrected chi connectivity index (χ2v) is 9.00. The van der Waals surface area contributed by atoms with Gasteiger partial charge in [-0.2, -0.15) is 9.78 Å². The number of nitrogens with zero attached hydrogens (tertiary/aromatic N) is 5. The summed E-state index contributed by atoms with van der Waals surface area (Å²) in [6, 6.07) is 8.48. The summed E-state index contributed by atoms with van der Waals surface area (Å²) in [6.45, 7) is 2.26. The van der Waals surface area contributed by atoms with Crippen LogP contribution >= 0.6 is 11.8 Å². The first-order chi connectivity index (χ1) is 14.7. The number of hydrogen-bond acceptors (Lipinski definition) is 6. The Bertz CT molecular complexity index is 868. The van der Waals surface area contributed by atoms with E-state index in [0.29, 0.717) is 11.1 Å². The molecule has 4 rings (SSSR count). The minimum absolute atomic E-state index is 0.0527. The van der Waals surface area contributed by atoms with Crippen LogP contribution in [0.5, 0.6) is 0 Å². The third-order valence-electron chi connectivity index (χ3n) is 5.87. The van der Waals surface area contributed by atoms with Crippen LogP contribution in [0.25, 0.3) is 0 Å². The van der Waals surface area contributed by atoms with Crippen molar-refractivity contribution in [3.63, 3.8) is 0 Å². The molecule has 8 heteroatoms. The van der Waals surface area contributed by atoms with Gasteiger partial charge in [0.25, 0.3) is 0 Å². The third kappa shape index (κ3) is 5.22. The zero-order valence-corrected chi connectivity index (χ0v) is 18.1. The van der Waals surface area contributed by atoms with Crippen molar-refractivity contribution in [1.82, 2.24) is 14.9 Å². The van der Waals surface area contributed by atoms with Gasteiger partial charge >= 0.3 is 5.97 Å². The number of carbonyl (C=O) groups is 1. The van der Waals surface area contributed by atoms with Crippen LogP contribution in [0.3, 0.4) is 0 Å². The quantitative estimate of drug-likeness (QED) is 0.522. The maximum absolute atomic E-state index is 11.0. The largest absolute Gasteiger partial charge is 0.481 e. The van der Waals surface area contributed by atoms with E-state index < -0.39 is 5.97 Å². The highest BCUT2D eigenvalue weighted by atomic mass is 32.2. The predicted molar refractivity (Wildman–Crippen MR) is 120 cm³/mol. The van der Waals surface area contributed by atoms with Crippen molar-refractivity contribution in [2.45, 2.75) is 62.4 Å². The monoisotopic (exact) mass is 427 g/mol. The van der Waals surface area contributed by atoms with Crippen molar-refractivity contribution in [2.75, 3.05) is 23.7 Å². The van der Waals surface area contributed by atoms with Gasteiger partial charge in [0, 0.05) is 24.7 Å². The smallest absolute Gasteiger partial charge is 0.313 e. The third-order valence-corrected chi connectivity index (χ3v) is 6.77. The molecular weight excluding hydrogens is 398 g/mol. The molecule has 1 N–H and O–H groups in total. The molecule has 0 atom stereocenters. The van der Waals surface area contributed by atoms with E-state index in [-0.39, 0.29) is 5.75 Å². The van der Waals surface area contributed by atoms with Crippen LogP contribution < -0.4 is 4.90 Å². The lowest BCUT2D eigenvalue weighted by atomic mass is 9.89. The number of hydrogen-bond donors (Lipinski definition) is 1. The molecule has 1 aliphatic heterocycles. The molecule has 160 valence electrons. The number of piperidine rings is 1. The highest BCUT2D eigenvalue weighted by Gasteiger charge is 2.24. The SMILES string of the molecule is O=C(O)CSc1nnc(C2CCCCC2)n1/N=C\c1ccc(N2CCCCC2)cc1. The van der Waals surface area contributed by atoms with Crippen molar-refractivity contribution < 1.29 is 9.90 Å². The fraction of sp³-hybridized carbons (Fsp3) is 0.545. The summed E-state index contributed by atoms with van der Waals surface area (Å²) in [7, 11) is 0. The molecule has 2 fully saturated rings. The molecule has 0 bridgehead atoms. The Morgan fingerprint density at radius 2 is 1.77 bits per heavy atom. The van der Waals surface area contributed by atoms with Gasteiger partial charge in [-0.25, -0.2) is 0 Å². The van der Waals surface area contributed by atoms with Gasteiger partial charge < -0.3 is 10.0 Å². The van der Waals surface area contributed by atoms with E-state index in [4.69, 9.17) is 5.11 Å². The van der Waals surface area contributed by atoms with Crippen LogP contribution in [0.4, 0.5) is 5.69 Å². The average molecular weight is 428 g/mol. The highest BCUT2D eigenvalue weighted by molar-refractivity contribution is 7.99. The summed E-state index contributed by atoms with van der Waals surface area (Å²) in [6.07, 6.45) is 11.5. The van der Waals surface area contributed by atoms with Crippen LogP contribution in [-0.2, 0) is 4.79 Å². The van der Waals surface area contributed by atoms with Crippen LogP contribution in [-0.4, -0.2) is 51.0 Å². The Morgan fingerprint density at radius 1 is 1.07 bits per heavy atom. The van der Waals surface area contributed by atoms with E-state index in [2.05, 4.69) is 44.5 Å². The van der Waals surface area contributed by atoms with Gasteiger partial charge in [-0.05, 0) is 49.8 Å². The molecule has 0 spiro atoms. The first-order valence-corrected chi connectivity index (χ1v) is 11.9. The normalized spacial score (nSPS) is 18.2. The van der Waals surface area contributed by atoms with E-state index in [9.17, 15) is 4.79 Å². The maximum Gasteiger partial charge on any atom is 0.313 e. The molecule has 1 aliphatic carbocycles. The Kier molecular flexibility index (Phi) is 7.04. The van der Waals surface area contributed by atoms with Crippen LogP contribution in [0, 0.1) is 0 Å². The maximum atomic E-state index is 11.0. The Balaban J connectivity index is 1.53. The molecule has 2 aromatic rings. The highest BCUT2D eigenvalue weighted by Crippen LogP contribution is 2.33. The molecule has 0 amide bonds. The second kappa shape index (κ2) is 10.1. The predicted octanol–water partition coefficient (Wildman–Crippen LogP) is 4.38. The Morgan fingerprint density at radius 3 is 2.47 bits per heavy atom. The van der Waals surface area contributed by atoms with Crippen molar-refractivity contribution in [2.24, 2.45) is 5.10 Å². The molecule has 0 unspecified atom stereocenters. The fourth-order valence-corrected chi connectivity index (χ4v) is 4.88. The average Bonchev–Trinajstić information content (AvgIpc) is 3.20. The summed E-state index contributed by atoms with van der Waals surface area (Å²) in [4.78, 5) is 13.4. The molecule has 1 aromatic heterocycles. The van der Waals surface area contributed by atoms with Gasteiger partial charge in [0.05, 0.1) is 12.0 Å². The molecule has 0 radical (unpaired) electrons. The van der Waals surface area contributed by atoms with Crippen molar-refractivity contribution >= 4 is 29.6 Å². The Hall–Kier alpha value is -2.35. The van der Waals surface area contributed by atoms with Crippen LogP contribution in [0.2, 0.25) is 0 Å². The number of carboxylic acids is 1. The number of thioether (sulfide) groups is 1. The van der Waals surface area contributed by atoms with E-state index in [0.717, 1.165) is 37.3 Å². The number of aromatic nitrogens is 3. The minimum Gasteiger partial charge on any atom is -0.481 e. The first-order valence-electron chi connectivity index (χ1n) is 10.9. The summed E-state index contributed by atoms with van der Waals surface area (Å²) >= 11 is 1.17. The fourth-order valence-electron chi connectivity index (χ4n) is 4.26. The molecule has 30 heavy (non-hydrogen) atoms. The summed E-state index contributed by atoms with van der Waals surface area (Å²) in [5, 5.41) is 22.9. The number of benzene rings is 1. The van der Waals surface area contributed by atoms with Gasteiger partial charge in [0.2, 0.25) is 5.16 Å². The minimum atomic E-state index is -0.869. The summed E-state index contributed by atoms with van der Waals surface area (Å²) < 4.78 is 1.75. The molecular formula is C22H29N5O2S. The zero-order chi connectivity index (χ0) is 20.8. The van der Waals surface area contributed by atoms with Gasteiger partial charge in [-0.3, -0.25) is 4.79 Å². The standard InChI is InChI=1S/C22H29N5O2S/c28-20(29)16-30-22-25-24-21(18-7-3-1-4-8-18)27(22)23-15-17-9-11-19(12-10-17)26-13-5-2-6-14-26/h9-12,15,18H,1-8,13-14,16H2,(H,28,29)/b23-15-. The molecule has 1 saturated carbocycles. The van der Waals surface area contributed by atoms with Crippen molar-refractivity contribution in [3.05, 3.63) is 35.7 Å². The van der Waals surface area contributed by atoms with Gasteiger partial charge in [-0.1, -0.05) is 43.2 Å². The van der Waals surface area contributed by atoms with E-state index in [1.807, 2.05) is 6.21 Å². The lowest BCUT2D eigenvalue weighted by Gasteiger charge is -2.28. The van der Waals surface area contributed by atoms with Gasteiger partial charge in [0.1, 0.15) is 0 Å². The summed E-state index contributed by atoms with van der Waals surface area (Å²) in [5.74, 6) is 0.266. The lowest BCUT2D eigenvalue weighted by Crippen LogP contribution is -2.29. The lowest BCUT2D eigenvalue weighted by molar-refractivity contribution is -0.133. The second-order valence-electron chi connectivity index (χ2n) is 8.05. The molecule has 2 heterocycles. The van der Waals surface area contributed by atoms with Crippen molar-refractivity contribution in [3.8, 4) is 0 Å². The molecule has 2 aliphatic rings. The summed E-state index contributed by atoms with van der Waals surface area (Å²) in [5.41, 5.74) is 2.27. The van der Waals surface area contributed by atoms with Crippen molar-refractivity contribution in [1.29, 1.82) is 0 Å². The number of carboxylic acid groups (broad SMARTS) is 1. The topological polar surface area (TPSA) is 83.6 Å². The number of anilines is 1. The van der Waals surface area contributed by atoms with Gasteiger partial charge in [-0.15, -0.1) is 10.2 Å². The molecule has 1 saturated heterocycles.